The molecule has 1 unspecified atom stereocenters. The summed E-state index contributed by atoms with van der Waals surface area (Å²) < 4.78 is 27.0. The molecule has 0 saturated carbocycles. The predicted octanol–water partition coefficient (Wildman–Crippen LogP) is 6.60. The molecule has 0 bridgehead atoms. The third kappa shape index (κ3) is 5.72. The fraction of sp³-hybridized carbons (Fsp3) is 0.306. The number of anilines is 2. The molecule has 2 heterocycles. The number of carboxylic acids is 1. The molecule has 6 rings (SSSR count). The molecule has 44 heavy (non-hydrogen) atoms. The van der Waals surface area contributed by atoms with Gasteiger partial charge in [0.1, 0.15) is 23.3 Å². The number of aryl methyl sites for hydroxylation is 1. The zero-order valence-corrected chi connectivity index (χ0v) is 26.5. The van der Waals surface area contributed by atoms with Crippen LogP contribution in [0.25, 0.3) is 22.3 Å². The van der Waals surface area contributed by atoms with E-state index in [2.05, 4.69) is 66.4 Å². The van der Waals surface area contributed by atoms with Crippen LogP contribution in [0.2, 0.25) is 0 Å². The van der Waals surface area contributed by atoms with Crippen LogP contribution in [0.4, 0.5) is 11.4 Å². The lowest BCUT2D eigenvalue weighted by Gasteiger charge is -2.35. The van der Waals surface area contributed by atoms with Crippen LogP contribution >= 0.6 is 0 Å². The second-order valence-electron chi connectivity index (χ2n) is 11.6. The molecule has 0 radical (unpaired) electrons. The maximum Gasteiger partial charge on any atom is 0.307 e. The maximum absolute atomic E-state index is 13.2. The van der Waals surface area contributed by atoms with Crippen LogP contribution in [-0.4, -0.2) is 47.8 Å². The zero-order valence-electron chi connectivity index (χ0n) is 25.7. The standard InChI is InChI=1S/C36H38N2O5S/c1-23-9-11-26(12-10-23)34-25(3)35-30-14-13-29(43-22-27-7-5-6-8-32(27)37-15-17-42-18-16-37)19-28(30)21-38(44(4)41)36(35)24(2)31(34)20-33(39)40/h5-14,19H,15-18,20-22H2,1-4H3,(H,39,40). The Labute approximate surface area is 261 Å². The highest BCUT2D eigenvalue weighted by Crippen LogP contribution is 2.49. The number of carboxylic acid groups (broad SMARTS) is 1. The first-order valence-corrected chi connectivity index (χ1v) is 16.5. The van der Waals surface area contributed by atoms with Crippen molar-refractivity contribution in [1.82, 2.24) is 0 Å². The van der Waals surface area contributed by atoms with Gasteiger partial charge in [0.25, 0.3) is 0 Å². The van der Waals surface area contributed by atoms with E-state index in [-0.39, 0.29) is 6.42 Å². The number of ether oxygens (including phenoxy) is 2. The monoisotopic (exact) mass is 610 g/mol. The van der Waals surface area contributed by atoms with Crippen LogP contribution in [0.15, 0.2) is 66.7 Å². The third-order valence-electron chi connectivity index (χ3n) is 8.72. The van der Waals surface area contributed by atoms with Crippen molar-refractivity contribution < 1.29 is 23.6 Å². The summed E-state index contributed by atoms with van der Waals surface area (Å²) in [6.45, 7) is 10.1. The van der Waals surface area contributed by atoms with Crippen molar-refractivity contribution in [1.29, 1.82) is 0 Å². The number of fused-ring (bicyclic) bond motifs is 3. The summed E-state index contributed by atoms with van der Waals surface area (Å²) in [5.74, 6) is -0.139. The lowest BCUT2D eigenvalue weighted by atomic mass is 9.81. The molecule has 1 saturated heterocycles. The Kier molecular flexibility index (Phi) is 8.47. The highest BCUT2D eigenvalue weighted by molar-refractivity contribution is 7.85. The summed E-state index contributed by atoms with van der Waals surface area (Å²) in [4.78, 5) is 14.4. The molecule has 2 aliphatic heterocycles. The molecule has 4 aromatic rings. The Bertz CT molecular complexity index is 1740. The van der Waals surface area contributed by atoms with Crippen LogP contribution in [0.3, 0.4) is 0 Å². The SMILES string of the molecule is Cc1ccc(-c2c(C)c3c(c(C)c2CC(=O)O)N(S(C)=O)Cc2cc(OCc4ccccc4N4CCOCC4)ccc2-3)cc1. The second kappa shape index (κ2) is 12.5. The summed E-state index contributed by atoms with van der Waals surface area (Å²) in [6, 6.07) is 22.7. The first kappa shape index (κ1) is 29.9. The van der Waals surface area contributed by atoms with Gasteiger partial charge in [0.05, 0.1) is 31.9 Å². The number of nitrogens with zero attached hydrogens (tertiary/aromatic N) is 2. The van der Waals surface area contributed by atoms with E-state index < -0.39 is 17.0 Å². The van der Waals surface area contributed by atoms with Crippen LogP contribution < -0.4 is 13.9 Å². The molecule has 1 atom stereocenters. The van der Waals surface area contributed by atoms with Gasteiger partial charge in [0.15, 0.2) is 0 Å². The van der Waals surface area contributed by atoms with Crippen molar-refractivity contribution in [3.63, 3.8) is 0 Å². The smallest absolute Gasteiger partial charge is 0.307 e. The van der Waals surface area contributed by atoms with Gasteiger partial charge in [-0.2, -0.15) is 0 Å². The van der Waals surface area contributed by atoms with E-state index in [1.807, 2.05) is 30.3 Å². The minimum absolute atomic E-state index is 0.112. The summed E-state index contributed by atoms with van der Waals surface area (Å²) >= 11 is 0. The molecule has 228 valence electrons. The number of benzene rings is 4. The number of aliphatic carboxylic acids is 1. The van der Waals surface area contributed by atoms with Gasteiger partial charge in [0.2, 0.25) is 0 Å². The van der Waals surface area contributed by atoms with Gasteiger partial charge in [-0.25, -0.2) is 4.21 Å². The Morgan fingerprint density at radius 3 is 2.39 bits per heavy atom. The minimum Gasteiger partial charge on any atom is -0.489 e. The van der Waals surface area contributed by atoms with Gasteiger partial charge in [-0.3, -0.25) is 9.10 Å². The summed E-state index contributed by atoms with van der Waals surface area (Å²) in [5.41, 5.74) is 11.8. The number of para-hydroxylation sites is 1. The van der Waals surface area contributed by atoms with Crippen molar-refractivity contribution in [2.45, 2.75) is 40.3 Å². The molecule has 4 aromatic carbocycles. The van der Waals surface area contributed by atoms with Gasteiger partial charge in [-0.1, -0.05) is 54.1 Å². The van der Waals surface area contributed by atoms with E-state index in [1.165, 1.54) is 5.69 Å². The Hall–Kier alpha value is -4.14. The molecular weight excluding hydrogens is 572 g/mol. The molecule has 0 aromatic heterocycles. The number of rotatable bonds is 8. The molecule has 2 aliphatic rings. The van der Waals surface area contributed by atoms with Crippen LogP contribution in [-0.2, 0) is 40.1 Å². The number of morpholine rings is 1. The molecule has 7 nitrogen and oxygen atoms in total. The highest BCUT2D eigenvalue weighted by Gasteiger charge is 2.32. The number of hydrogen-bond acceptors (Lipinski definition) is 5. The number of carbonyl (C=O) groups is 1. The average molecular weight is 611 g/mol. The molecule has 0 spiro atoms. The molecule has 1 N–H and O–H groups in total. The van der Waals surface area contributed by atoms with Crippen molar-refractivity contribution in [3.05, 3.63) is 100 Å². The van der Waals surface area contributed by atoms with Crippen LogP contribution in [0.1, 0.15) is 33.4 Å². The third-order valence-corrected chi connectivity index (χ3v) is 9.65. The molecule has 0 amide bonds. The number of hydrogen-bond donors (Lipinski definition) is 1. The van der Waals surface area contributed by atoms with E-state index in [9.17, 15) is 14.1 Å². The zero-order chi connectivity index (χ0) is 31.0. The quantitative estimate of drug-likeness (QED) is 0.242. The molecule has 0 aliphatic carbocycles. The van der Waals surface area contributed by atoms with E-state index in [0.29, 0.717) is 13.2 Å². The first-order chi connectivity index (χ1) is 21.2. The van der Waals surface area contributed by atoms with Crippen molar-refractivity contribution in [2.75, 3.05) is 41.8 Å². The summed E-state index contributed by atoms with van der Waals surface area (Å²) in [6.07, 6.45) is 1.57. The van der Waals surface area contributed by atoms with E-state index in [1.54, 1.807) is 6.26 Å². The van der Waals surface area contributed by atoms with E-state index >= 15 is 0 Å². The fourth-order valence-corrected chi connectivity index (χ4v) is 7.37. The van der Waals surface area contributed by atoms with E-state index in [0.717, 1.165) is 93.4 Å². The van der Waals surface area contributed by atoms with E-state index in [4.69, 9.17) is 9.47 Å². The second-order valence-corrected chi connectivity index (χ2v) is 12.8. The minimum atomic E-state index is -1.33. The molecule has 8 heteroatoms. The van der Waals surface area contributed by atoms with Gasteiger partial charge in [-0.05, 0) is 77.9 Å². The Morgan fingerprint density at radius 1 is 0.955 bits per heavy atom. The Morgan fingerprint density at radius 2 is 1.68 bits per heavy atom. The molecular formula is C36H38N2O5S. The first-order valence-electron chi connectivity index (χ1n) is 15.0. The Balaban J connectivity index is 1.42. The van der Waals surface area contributed by atoms with Crippen molar-refractivity contribution >= 4 is 28.3 Å². The van der Waals surface area contributed by atoms with Crippen LogP contribution in [0, 0.1) is 20.8 Å². The summed E-state index contributed by atoms with van der Waals surface area (Å²) in [5, 5.41) is 9.89. The maximum atomic E-state index is 13.2. The predicted molar refractivity (Wildman–Crippen MR) is 177 cm³/mol. The van der Waals surface area contributed by atoms with Gasteiger partial charge in [-0.15, -0.1) is 0 Å². The average Bonchev–Trinajstić information content (AvgIpc) is 3.02. The van der Waals surface area contributed by atoms with Gasteiger partial charge >= 0.3 is 5.97 Å². The van der Waals surface area contributed by atoms with Crippen molar-refractivity contribution in [2.24, 2.45) is 0 Å². The lowest BCUT2D eigenvalue weighted by Crippen LogP contribution is -2.36. The highest BCUT2D eigenvalue weighted by atomic mass is 32.2. The van der Waals surface area contributed by atoms with Crippen molar-refractivity contribution in [3.8, 4) is 28.0 Å². The van der Waals surface area contributed by atoms with Gasteiger partial charge < -0.3 is 19.5 Å². The van der Waals surface area contributed by atoms with Gasteiger partial charge in [0, 0.05) is 36.2 Å². The fourth-order valence-electron chi connectivity index (χ4n) is 6.57. The van der Waals surface area contributed by atoms with Crippen LogP contribution in [0.5, 0.6) is 5.75 Å². The summed E-state index contributed by atoms with van der Waals surface area (Å²) in [7, 11) is -1.33. The largest absolute Gasteiger partial charge is 0.489 e. The topological polar surface area (TPSA) is 79.3 Å². The lowest BCUT2D eigenvalue weighted by molar-refractivity contribution is -0.136. The normalized spacial score (nSPS) is 15.0. The molecule has 1 fully saturated rings.